The van der Waals surface area contributed by atoms with Crippen LogP contribution in [0.5, 0.6) is 0 Å². The minimum atomic E-state index is -2.84. The van der Waals surface area contributed by atoms with Gasteiger partial charge in [-0.2, -0.15) is 0 Å². The van der Waals surface area contributed by atoms with Crippen LogP contribution in [0.1, 0.15) is 18.1 Å². The van der Waals surface area contributed by atoms with Crippen LogP contribution in [0.2, 0.25) is 0 Å². The fourth-order valence-corrected chi connectivity index (χ4v) is 3.52. The molecule has 1 aromatic heterocycles. The number of hydrogen-bond acceptors (Lipinski definition) is 4. The van der Waals surface area contributed by atoms with Crippen molar-refractivity contribution in [3.8, 4) is 0 Å². The van der Waals surface area contributed by atoms with Crippen molar-refractivity contribution in [2.24, 2.45) is 0 Å². The molecule has 2 rings (SSSR count). The van der Waals surface area contributed by atoms with E-state index >= 15 is 0 Å². The molecular formula is C7H8BrNO3S. The predicted octanol–water partition coefficient (Wildman–Crippen LogP) is 1.34. The average Bonchev–Trinajstić information content (AvgIpc) is 2.56. The van der Waals surface area contributed by atoms with Gasteiger partial charge in [-0.05, 0) is 6.42 Å². The van der Waals surface area contributed by atoms with Crippen LogP contribution in [0.3, 0.4) is 0 Å². The van der Waals surface area contributed by atoms with E-state index in [0.717, 1.165) is 0 Å². The fraction of sp³-hybridized carbons (Fsp3) is 0.571. The molecule has 0 saturated carbocycles. The zero-order valence-electron chi connectivity index (χ0n) is 6.73. The van der Waals surface area contributed by atoms with E-state index in [-0.39, 0.29) is 17.4 Å². The van der Waals surface area contributed by atoms with E-state index in [0.29, 0.717) is 17.0 Å². The van der Waals surface area contributed by atoms with Crippen molar-refractivity contribution >= 4 is 25.8 Å². The summed E-state index contributed by atoms with van der Waals surface area (Å²) in [6, 6.07) is 0. The van der Waals surface area contributed by atoms with Gasteiger partial charge in [-0.1, -0.05) is 0 Å². The summed E-state index contributed by atoms with van der Waals surface area (Å²) in [6.07, 6.45) is 2.22. The van der Waals surface area contributed by atoms with E-state index in [9.17, 15) is 8.42 Å². The normalized spacial score (nSPS) is 26.4. The maximum Gasteiger partial charge on any atom is 0.264 e. The highest BCUT2D eigenvalue weighted by Gasteiger charge is 2.31. The van der Waals surface area contributed by atoms with E-state index in [1.165, 1.54) is 0 Å². The van der Waals surface area contributed by atoms with E-state index in [1.807, 2.05) is 0 Å². The molecule has 72 valence electrons. The first kappa shape index (κ1) is 9.21. The third-order valence-corrected chi connectivity index (χ3v) is 4.26. The van der Waals surface area contributed by atoms with Gasteiger partial charge in [-0.15, -0.1) is 0 Å². The van der Waals surface area contributed by atoms with Gasteiger partial charge in [-0.3, -0.25) is 0 Å². The van der Waals surface area contributed by atoms with Crippen LogP contribution in [0.4, 0.5) is 0 Å². The van der Waals surface area contributed by atoms with Gasteiger partial charge in [-0.25, -0.2) is 13.4 Å². The van der Waals surface area contributed by atoms with Gasteiger partial charge in [0.25, 0.3) is 4.80 Å². The highest BCUT2D eigenvalue weighted by Crippen LogP contribution is 2.29. The molecule has 0 spiro atoms. The number of halogens is 1. The van der Waals surface area contributed by atoms with Gasteiger partial charge in [0.05, 0.1) is 17.7 Å². The third kappa shape index (κ3) is 1.94. The van der Waals surface area contributed by atoms with E-state index in [2.05, 4.69) is 20.9 Å². The number of nitrogens with zero attached hydrogens (tertiary/aromatic N) is 1. The molecule has 1 aromatic rings. The van der Waals surface area contributed by atoms with Gasteiger partial charge >= 0.3 is 0 Å². The second-order valence-corrected chi connectivity index (χ2v) is 6.02. The van der Waals surface area contributed by atoms with Crippen LogP contribution in [0, 0.1) is 0 Å². The quantitative estimate of drug-likeness (QED) is 0.769. The number of aromatic nitrogens is 1. The summed E-state index contributed by atoms with van der Waals surface area (Å²) in [6.45, 7) is 0. The Kier molecular flexibility index (Phi) is 2.19. The number of oxazole rings is 1. The molecule has 1 aliphatic heterocycles. The average molecular weight is 266 g/mol. The Morgan fingerprint density at radius 2 is 2.38 bits per heavy atom. The van der Waals surface area contributed by atoms with E-state index in [1.54, 1.807) is 6.20 Å². The molecule has 6 heteroatoms. The van der Waals surface area contributed by atoms with Gasteiger partial charge in [0.2, 0.25) is 0 Å². The summed E-state index contributed by atoms with van der Waals surface area (Å²) in [4.78, 5) is 4.27. The summed E-state index contributed by atoms with van der Waals surface area (Å²) < 4.78 is 27.5. The molecule has 1 fully saturated rings. The minimum Gasteiger partial charge on any atom is -0.436 e. The summed E-state index contributed by atoms with van der Waals surface area (Å²) in [5, 5.41) is 0. The lowest BCUT2D eigenvalue weighted by molar-refractivity contribution is 0.453. The van der Waals surface area contributed by atoms with Crippen molar-refractivity contribution in [3.63, 3.8) is 0 Å². The second-order valence-electron chi connectivity index (χ2n) is 3.12. The highest BCUT2D eigenvalue weighted by atomic mass is 79.9. The zero-order chi connectivity index (χ0) is 9.47. The first-order valence-corrected chi connectivity index (χ1v) is 6.50. The van der Waals surface area contributed by atoms with Crippen LogP contribution in [-0.4, -0.2) is 24.9 Å². The standard InChI is InChI=1S/C7H8BrNO3S/c8-7-9-3-6(12-7)5-1-2-13(10,11)4-5/h3,5H,1-2,4H2. The summed E-state index contributed by atoms with van der Waals surface area (Å²) in [5.41, 5.74) is 0. The molecule has 13 heavy (non-hydrogen) atoms. The molecule has 2 heterocycles. The number of sulfone groups is 1. The molecule has 0 radical (unpaired) electrons. The molecule has 1 saturated heterocycles. The highest BCUT2D eigenvalue weighted by molar-refractivity contribution is 9.10. The predicted molar refractivity (Wildman–Crippen MR) is 50.2 cm³/mol. The summed E-state index contributed by atoms with van der Waals surface area (Å²) in [7, 11) is -2.84. The SMILES string of the molecule is O=S1(=O)CCC(c2cnc(Br)o2)C1. The Bertz CT molecular complexity index is 411. The smallest absolute Gasteiger partial charge is 0.264 e. The molecule has 0 aliphatic carbocycles. The molecule has 0 amide bonds. The molecule has 1 unspecified atom stereocenters. The Labute approximate surface area is 84.4 Å². The molecule has 0 bridgehead atoms. The summed E-state index contributed by atoms with van der Waals surface area (Å²) >= 11 is 3.08. The number of hydrogen-bond donors (Lipinski definition) is 0. The first-order chi connectivity index (χ1) is 6.07. The van der Waals surface area contributed by atoms with Crippen molar-refractivity contribution in [2.75, 3.05) is 11.5 Å². The van der Waals surface area contributed by atoms with Crippen molar-refractivity contribution in [2.45, 2.75) is 12.3 Å². The van der Waals surface area contributed by atoms with E-state index < -0.39 is 9.84 Å². The Balaban J connectivity index is 2.21. The molecule has 4 nitrogen and oxygen atoms in total. The zero-order valence-corrected chi connectivity index (χ0v) is 9.14. The monoisotopic (exact) mass is 265 g/mol. The van der Waals surface area contributed by atoms with Crippen LogP contribution >= 0.6 is 15.9 Å². The van der Waals surface area contributed by atoms with Gasteiger partial charge in [0.15, 0.2) is 9.84 Å². The molecule has 0 aromatic carbocycles. The van der Waals surface area contributed by atoms with Crippen molar-refractivity contribution < 1.29 is 12.8 Å². The second kappa shape index (κ2) is 3.09. The third-order valence-electron chi connectivity index (χ3n) is 2.13. The van der Waals surface area contributed by atoms with Crippen LogP contribution in [-0.2, 0) is 9.84 Å². The fourth-order valence-electron chi connectivity index (χ4n) is 1.47. The van der Waals surface area contributed by atoms with Crippen molar-refractivity contribution in [1.82, 2.24) is 4.98 Å². The lowest BCUT2D eigenvalue weighted by Gasteiger charge is -1.99. The Hall–Kier alpha value is -0.360. The minimum absolute atomic E-state index is 0.0104. The lowest BCUT2D eigenvalue weighted by atomic mass is 10.1. The Morgan fingerprint density at radius 3 is 2.85 bits per heavy atom. The van der Waals surface area contributed by atoms with Crippen LogP contribution in [0.15, 0.2) is 15.4 Å². The Morgan fingerprint density at radius 1 is 1.62 bits per heavy atom. The number of rotatable bonds is 1. The maximum absolute atomic E-state index is 11.1. The van der Waals surface area contributed by atoms with Crippen LogP contribution in [0.25, 0.3) is 0 Å². The first-order valence-electron chi connectivity index (χ1n) is 3.88. The van der Waals surface area contributed by atoms with Gasteiger partial charge in [0.1, 0.15) is 5.76 Å². The largest absolute Gasteiger partial charge is 0.436 e. The van der Waals surface area contributed by atoms with E-state index in [4.69, 9.17) is 4.42 Å². The summed E-state index contributed by atoms with van der Waals surface area (Å²) in [5.74, 6) is 1.10. The van der Waals surface area contributed by atoms with Crippen LogP contribution < -0.4 is 0 Å². The maximum atomic E-state index is 11.1. The topological polar surface area (TPSA) is 60.2 Å². The molecular weight excluding hydrogens is 258 g/mol. The van der Waals surface area contributed by atoms with Crippen molar-refractivity contribution in [3.05, 3.63) is 16.8 Å². The molecule has 1 atom stereocenters. The lowest BCUT2D eigenvalue weighted by Crippen LogP contribution is -2.02. The molecule has 0 N–H and O–H groups in total. The van der Waals surface area contributed by atoms with Gasteiger partial charge in [0, 0.05) is 21.8 Å². The van der Waals surface area contributed by atoms with Crippen molar-refractivity contribution in [1.29, 1.82) is 0 Å². The molecule has 1 aliphatic rings. The van der Waals surface area contributed by atoms with Gasteiger partial charge < -0.3 is 4.42 Å².